The highest BCUT2D eigenvalue weighted by molar-refractivity contribution is 5.91. The van der Waals surface area contributed by atoms with Gasteiger partial charge in [0.15, 0.2) is 0 Å². The first-order valence-corrected chi connectivity index (χ1v) is 10.0. The topological polar surface area (TPSA) is 120 Å². The summed E-state index contributed by atoms with van der Waals surface area (Å²) in [5, 5.41) is 5.20. The van der Waals surface area contributed by atoms with Gasteiger partial charge in [0.1, 0.15) is 24.4 Å². The van der Waals surface area contributed by atoms with Crippen molar-refractivity contribution in [3.63, 3.8) is 0 Å². The first-order chi connectivity index (χ1) is 14.8. The van der Waals surface area contributed by atoms with E-state index in [1.807, 2.05) is 30.3 Å². The van der Waals surface area contributed by atoms with Crippen LogP contribution in [-0.4, -0.2) is 37.1 Å². The van der Waals surface area contributed by atoms with Crippen LogP contribution in [0.5, 0.6) is 5.75 Å². The number of hydrogen-bond donors (Lipinski definition) is 3. The highest BCUT2D eigenvalue weighted by Crippen LogP contribution is 2.19. The molecule has 0 saturated heterocycles. The van der Waals surface area contributed by atoms with Crippen molar-refractivity contribution in [1.82, 2.24) is 10.6 Å². The fourth-order valence-electron chi connectivity index (χ4n) is 3.00. The standard InChI is InChI=1S/C23H29N3O5/c1-15(2)20(26-23(29)31-14-16-9-5-4-6-10-16)22(28)25-18(21(24)27)13-17-11-7-8-12-19(17)30-3/h4-12,15,18,20H,13-14H2,1-3H3,(H2,24,27)(H,25,28)(H,26,29)/t18-,20-/m0/s1. The average Bonchev–Trinajstić information content (AvgIpc) is 2.76. The lowest BCUT2D eigenvalue weighted by Crippen LogP contribution is -2.55. The van der Waals surface area contributed by atoms with Gasteiger partial charge in [-0.2, -0.15) is 0 Å². The van der Waals surface area contributed by atoms with Gasteiger partial charge in [0, 0.05) is 6.42 Å². The van der Waals surface area contributed by atoms with E-state index < -0.39 is 30.0 Å². The number of methoxy groups -OCH3 is 1. The van der Waals surface area contributed by atoms with Crippen molar-refractivity contribution in [3.05, 3.63) is 65.7 Å². The summed E-state index contributed by atoms with van der Waals surface area (Å²) in [7, 11) is 1.52. The molecule has 2 rings (SSSR count). The van der Waals surface area contributed by atoms with Crippen molar-refractivity contribution in [2.24, 2.45) is 11.7 Å². The molecule has 0 aliphatic rings. The maximum absolute atomic E-state index is 12.8. The van der Waals surface area contributed by atoms with Gasteiger partial charge in [0.25, 0.3) is 0 Å². The minimum atomic E-state index is -0.966. The Balaban J connectivity index is 2.01. The van der Waals surface area contributed by atoms with Crippen LogP contribution in [0.4, 0.5) is 4.79 Å². The summed E-state index contributed by atoms with van der Waals surface area (Å²) in [4.78, 5) is 37.0. The number of hydrogen-bond acceptors (Lipinski definition) is 5. The lowest BCUT2D eigenvalue weighted by atomic mass is 10.0. The first kappa shape index (κ1) is 23.7. The van der Waals surface area contributed by atoms with Crippen LogP contribution in [0.3, 0.4) is 0 Å². The number of benzene rings is 2. The van der Waals surface area contributed by atoms with E-state index in [0.29, 0.717) is 5.75 Å². The van der Waals surface area contributed by atoms with Crippen LogP contribution in [0, 0.1) is 5.92 Å². The normalized spacial score (nSPS) is 12.5. The highest BCUT2D eigenvalue weighted by atomic mass is 16.5. The summed E-state index contributed by atoms with van der Waals surface area (Å²) in [6.45, 7) is 3.64. The third kappa shape index (κ3) is 7.33. The Labute approximate surface area is 182 Å². The molecule has 0 saturated carbocycles. The summed E-state index contributed by atoms with van der Waals surface area (Å²) in [6, 6.07) is 14.5. The minimum Gasteiger partial charge on any atom is -0.496 e. The van der Waals surface area contributed by atoms with Crippen molar-refractivity contribution in [2.75, 3.05) is 7.11 Å². The van der Waals surface area contributed by atoms with E-state index in [-0.39, 0.29) is 18.9 Å². The zero-order chi connectivity index (χ0) is 22.8. The average molecular weight is 428 g/mol. The summed E-state index contributed by atoms with van der Waals surface area (Å²) >= 11 is 0. The molecule has 8 heteroatoms. The van der Waals surface area contributed by atoms with Gasteiger partial charge >= 0.3 is 6.09 Å². The molecule has 8 nitrogen and oxygen atoms in total. The van der Waals surface area contributed by atoms with Crippen LogP contribution in [-0.2, 0) is 27.4 Å². The predicted molar refractivity (Wildman–Crippen MR) is 116 cm³/mol. The number of amides is 3. The molecular weight excluding hydrogens is 398 g/mol. The van der Waals surface area contributed by atoms with Crippen molar-refractivity contribution in [2.45, 2.75) is 39.0 Å². The van der Waals surface area contributed by atoms with E-state index in [1.165, 1.54) is 7.11 Å². The molecule has 2 aromatic rings. The number of primary amides is 1. The summed E-state index contributed by atoms with van der Waals surface area (Å²) in [6.07, 6.45) is -0.563. The molecule has 166 valence electrons. The van der Waals surface area contributed by atoms with E-state index in [0.717, 1.165) is 11.1 Å². The lowest BCUT2D eigenvalue weighted by molar-refractivity contribution is -0.129. The molecule has 0 heterocycles. The van der Waals surface area contributed by atoms with Crippen LogP contribution in [0.2, 0.25) is 0 Å². The fraction of sp³-hybridized carbons (Fsp3) is 0.348. The van der Waals surface area contributed by atoms with Crippen LogP contribution in [0.25, 0.3) is 0 Å². The Kier molecular flexibility index (Phi) is 8.87. The number of ether oxygens (including phenoxy) is 2. The Morgan fingerprint density at radius 1 is 0.968 bits per heavy atom. The summed E-state index contributed by atoms with van der Waals surface area (Å²) < 4.78 is 10.5. The molecule has 0 aliphatic carbocycles. The number of para-hydroxylation sites is 1. The second kappa shape index (κ2) is 11.6. The molecule has 31 heavy (non-hydrogen) atoms. The van der Waals surface area contributed by atoms with Crippen LogP contribution in [0.15, 0.2) is 54.6 Å². The van der Waals surface area contributed by atoms with E-state index in [9.17, 15) is 14.4 Å². The molecule has 0 fully saturated rings. The predicted octanol–water partition coefficient (Wildman–Crippen LogP) is 2.16. The number of nitrogens with one attached hydrogen (secondary N) is 2. The maximum Gasteiger partial charge on any atom is 0.408 e. The minimum absolute atomic E-state index is 0.0802. The SMILES string of the molecule is COc1ccccc1C[C@H](NC(=O)[C@@H](NC(=O)OCc1ccccc1)C(C)C)C(N)=O. The van der Waals surface area contributed by atoms with Crippen molar-refractivity contribution in [1.29, 1.82) is 0 Å². The monoisotopic (exact) mass is 427 g/mol. The number of carbonyl (C=O) groups is 3. The molecule has 2 atom stereocenters. The lowest BCUT2D eigenvalue weighted by Gasteiger charge is -2.24. The molecule has 4 N–H and O–H groups in total. The maximum atomic E-state index is 12.8. The van der Waals surface area contributed by atoms with E-state index in [4.69, 9.17) is 15.2 Å². The van der Waals surface area contributed by atoms with Gasteiger partial charge in [-0.25, -0.2) is 4.79 Å². The van der Waals surface area contributed by atoms with Gasteiger partial charge in [0.05, 0.1) is 7.11 Å². The first-order valence-electron chi connectivity index (χ1n) is 10.0. The molecule has 0 aromatic heterocycles. The Bertz CT molecular complexity index is 886. The molecular formula is C23H29N3O5. The third-order valence-electron chi connectivity index (χ3n) is 4.71. The van der Waals surface area contributed by atoms with Gasteiger partial charge in [-0.05, 0) is 23.1 Å². The highest BCUT2D eigenvalue weighted by Gasteiger charge is 2.29. The summed E-state index contributed by atoms with van der Waals surface area (Å²) in [5.41, 5.74) is 7.06. The number of rotatable bonds is 10. The van der Waals surface area contributed by atoms with E-state index >= 15 is 0 Å². The summed E-state index contributed by atoms with van der Waals surface area (Å²) in [5.74, 6) is -0.867. The Morgan fingerprint density at radius 2 is 1.61 bits per heavy atom. The van der Waals surface area contributed by atoms with Crippen molar-refractivity contribution >= 4 is 17.9 Å². The second-order valence-electron chi connectivity index (χ2n) is 7.41. The molecule has 3 amide bonds. The molecule has 0 radical (unpaired) electrons. The smallest absolute Gasteiger partial charge is 0.408 e. The zero-order valence-corrected chi connectivity index (χ0v) is 18.0. The van der Waals surface area contributed by atoms with Crippen molar-refractivity contribution < 1.29 is 23.9 Å². The fourth-order valence-corrected chi connectivity index (χ4v) is 3.00. The number of carbonyl (C=O) groups excluding carboxylic acids is 3. The van der Waals surface area contributed by atoms with Gasteiger partial charge in [-0.15, -0.1) is 0 Å². The van der Waals surface area contributed by atoms with Gasteiger partial charge in [-0.1, -0.05) is 62.4 Å². The van der Waals surface area contributed by atoms with Crippen LogP contribution >= 0.6 is 0 Å². The van der Waals surface area contributed by atoms with Crippen molar-refractivity contribution in [3.8, 4) is 5.75 Å². The van der Waals surface area contributed by atoms with Gasteiger partial charge < -0.3 is 25.8 Å². The Morgan fingerprint density at radius 3 is 2.23 bits per heavy atom. The second-order valence-corrected chi connectivity index (χ2v) is 7.41. The largest absolute Gasteiger partial charge is 0.496 e. The molecule has 2 aromatic carbocycles. The molecule has 0 unspecified atom stereocenters. The van der Waals surface area contributed by atoms with Gasteiger partial charge in [-0.3, -0.25) is 9.59 Å². The van der Waals surface area contributed by atoms with E-state index in [1.54, 1.807) is 38.1 Å². The Hall–Kier alpha value is -3.55. The van der Waals surface area contributed by atoms with Gasteiger partial charge in [0.2, 0.25) is 11.8 Å². The molecule has 0 spiro atoms. The van der Waals surface area contributed by atoms with Crippen LogP contribution < -0.4 is 21.1 Å². The molecule has 0 aliphatic heterocycles. The zero-order valence-electron chi connectivity index (χ0n) is 18.0. The quantitative estimate of drug-likeness (QED) is 0.537. The van der Waals surface area contributed by atoms with E-state index in [2.05, 4.69) is 10.6 Å². The number of alkyl carbamates (subject to hydrolysis) is 1. The molecule has 0 bridgehead atoms. The van der Waals surface area contributed by atoms with Crippen LogP contribution in [0.1, 0.15) is 25.0 Å². The third-order valence-corrected chi connectivity index (χ3v) is 4.71. The number of nitrogens with two attached hydrogens (primary N) is 1.